The van der Waals surface area contributed by atoms with Gasteiger partial charge in [-0.1, -0.05) is 13.0 Å². The number of aliphatic imine (C=N–C) groups is 1. The molecule has 0 bridgehead atoms. The molecule has 2 heterocycles. The van der Waals surface area contributed by atoms with Gasteiger partial charge >= 0.3 is 0 Å². The molecule has 0 spiro atoms. The van der Waals surface area contributed by atoms with E-state index in [4.69, 9.17) is 11.5 Å². The zero-order chi connectivity index (χ0) is 16.7. The van der Waals surface area contributed by atoms with Crippen molar-refractivity contribution in [2.24, 2.45) is 22.4 Å². The van der Waals surface area contributed by atoms with Crippen molar-refractivity contribution >= 4 is 17.7 Å². The molecule has 0 saturated carbocycles. The summed E-state index contributed by atoms with van der Waals surface area (Å²) in [5.41, 5.74) is 12.3. The monoisotopic (exact) mass is 318 g/mol. The van der Waals surface area contributed by atoms with Crippen LogP contribution in [0.15, 0.2) is 23.3 Å². The maximum Gasteiger partial charge on any atom is 0.220 e. The van der Waals surface area contributed by atoms with Crippen LogP contribution >= 0.6 is 0 Å². The molecule has 0 atom stereocenters. The Morgan fingerprint density at radius 1 is 1.43 bits per heavy atom. The minimum atomic E-state index is -0.203. The van der Waals surface area contributed by atoms with Gasteiger partial charge in [0.15, 0.2) is 5.96 Å². The molecule has 23 heavy (non-hydrogen) atoms. The lowest BCUT2D eigenvalue weighted by Crippen LogP contribution is -2.39. The number of piperidine rings is 1. The quantitative estimate of drug-likeness (QED) is 0.525. The van der Waals surface area contributed by atoms with E-state index < -0.39 is 0 Å². The number of nitrogens with two attached hydrogens (primary N) is 2. The highest BCUT2D eigenvalue weighted by Crippen LogP contribution is 2.24. The first-order chi connectivity index (χ1) is 11.1. The van der Waals surface area contributed by atoms with Gasteiger partial charge in [0, 0.05) is 37.3 Å². The van der Waals surface area contributed by atoms with E-state index in [2.05, 4.69) is 27.1 Å². The first-order valence-corrected chi connectivity index (χ1v) is 8.13. The van der Waals surface area contributed by atoms with Crippen molar-refractivity contribution < 1.29 is 4.79 Å². The highest BCUT2D eigenvalue weighted by atomic mass is 16.1. The van der Waals surface area contributed by atoms with Crippen LogP contribution < -0.4 is 21.7 Å². The predicted molar refractivity (Wildman–Crippen MR) is 92.0 cm³/mol. The fourth-order valence-corrected chi connectivity index (χ4v) is 2.69. The molecular formula is C16H26N6O. The Bertz CT molecular complexity index is 551. The standard InChI is InChI=1S/C16H26N6O/c1-2-7-20-16(18)21-11-13-4-3-8-19-15(13)22-9-5-12(6-10-22)14(17)23/h3-4,8,12H,2,5-7,9-11H2,1H3,(H2,17,23)(H3,18,20,21). The van der Waals surface area contributed by atoms with Crippen LogP contribution in [0.2, 0.25) is 0 Å². The molecule has 7 nitrogen and oxygen atoms in total. The van der Waals surface area contributed by atoms with Gasteiger partial charge < -0.3 is 21.7 Å². The SMILES string of the molecule is CCCNC(N)=NCc1cccnc1N1CCC(C(N)=O)CC1. The Balaban J connectivity index is 2.02. The third-order valence-corrected chi connectivity index (χ3v) is 4.04. The summed E-state index contributed by atoms with van der Waals surface area (Å²) < 4.78 is 0. The van der Waals surface area contributed by atoms with Crippen molar-refractivity contribution in [2.45, 2.75) is 32.7 Å². The molecule has 1 aromatic heterocycles. The summed E-state index contributed by atoms with van der Waals surface area (Å²) in [5.74, 6) is 1.15. The van der Waals surface area contributed by atoms with Crippen molar-refractivity contribution in [1.29, 1.82) is 0 Å². The van der Waals surface area contributed by atoms with Crippen LogP contribution in [0.25, 0.3) is 0 Å². The molecule has 1 aliphatic rings. The second-order valence-electron chi connectivity index (χ2n) is 5.78. The Hall–Kier alpha value is -2.31. The summed E-state index contributed by atoms with van der Waals surface area (Å²) >= 11 is 0. The molecule has 1 aromatic rings. The Morgan fingerprint density at radius 2 is 2.17 bits per heavy atom. The number of nitrogens with zero attached hydrogens (tertiary/aromatic N) is 3. The number of primary amides is 1. The molecule has 1 saturated heterocycles. The summed E-state index contributed by atoms with van der Waals surface area (Å²) in [6.45, 7) is 4.95. The van der Waals surface area contributed by atoms with E-state index >= 15 is 0 Å². The number of rotatable bonds is 6. The number of nitrogens with one attached hydrogen (secondary N) is 1. The zero-order valence-corrected chi connectivity index (χ0v) is 13.7. The van der Waals surface area contributed by atoms with Gasteiger partial charge in [-0.3, -0.25) is 4.79 Å². The minimum absolute atomic E-state index is 0.0229. The van der Waals surface area contributed by atoms with E-state index in [1.165, 1.54) is 0 Å². The summed E-state index contributed by atoms with van der Waals surface area (Å²) in [6.07, 6.45) is 4.33. The van der Waals surface area contributed by atoms with Gasteiger partial charge in [-0.05, 0) is 25.3 Å². The minimum Gasteiger partial charge on any atom is -0.370 e. The van der Waals surface area contributed by atoms with Gasteiger partial charge in [0.1, 0.15) is 5.82 Å². The molecular weight excluding hydrogens is 292 g/mol. The molecule has 7 heteroatoms. The molecule has 0 radical (unpaired) electrons. The number of carbonyl (C=O) groups is 1. The second-order valence-corrected chi connectivity index (χ2v) is 5.78. The van der Waals surface area contributed by atoms with Crippen molar-refractivity contribution in [2.75, 3.05) is 24.5 Å². The first kappa shape index (κ1) is 17.1. The van der Waals surface area contributed by atoms with Gasteiger partial charge in [0.25, 0.3) is 0 Å². The summed E-state index contributed by atoms with van der Waals surface area (Å²) in [7, 11) is 0. The Labute approximate surface area is 137 Å². The molecule has 126 valence electrons. The highest BCUT2D eigenvalue weighted by molar-refractivity contribution is 5.78. The van der Waals surface area contributed by atoms with Crippen LogP contribution in [0.5, 0.6) is 0 Å². The number of guanidine groups is 1. The van der Waals surface area contributed by atoms with Crippen LogP contribution in [0, 0.1) is 5.92 Å². The van der Waals surface area contributed by atoms with E-state index in [0.717, 1.165) is 50.3 Å². The van der Waals surface area contributed by atoms with Gasteiger partial charge in [-0.2, -0.15) is 0 Å². The average Bonchev–Trinajstić information content (AvgIpc) is 2.58. The summed E-state index contributed by atoms with van der Waals surface area (Å²) in [4.78, 5) is 22.3. The predicted octanol–water partition coefficient (Wildman–Crippen LogP) is 0.598. The molecule has 1 aliphatic heterocycles. The number of pyridine rings is 1. The number of anilines is 1. The smallest absolute Gasteiger partial charge is 0.220 e. The van der Waals surface area contributed by atoms with Crippen LogP contribution in [0.1, 0.15) is 31.7 Å². The normalized spacial score (nSPS) is 16.4. The fourth-order valence-electron chi connectivity index (χ4n) is 2.69. The fraction of sp³-hybridized carbons (Fsp3) is 0.562. The number of hydrogen-bond donors (Lipinski definition) is 3. The topological polar surface area (TPSA) is 110 Å². The van der Waals surface area contributed by atoms with Crippen LogP contribution in [0.4, 0.5) is 5.82 Å². The van der Waals surface area contributed by atoms with Crippen molar-refractivity contribution in [1.82, 2.24) is 10.3 Å². The summed E-state index contributed by atoms with van der Waals surface area (Å²) in [5, 5.41) is 3.06. The lowest BCUT2D eigenvalue weighted by molar-refractivity contribution is -0.122. The van der Waals surface area contributed by atoms with E-state index in [9.17, 15) is 4.79 Å². The van der Waals surface area contributed by atoms with Gasteiger partial charge in [-0.15, -0.1) is 0 Å². The van der Waals surface area contributed by atoms with E-state index in [0.29, 0.717) is 12.5 Å². The van der Waals surface area contributed by atoms with E-state index in [1.54, 1.807) is 6.20 Å². The maximum absolute atomic E-state index is 11.3. The second kappa shape index (κ2) is 8.36. The lowest BCUT2D eigenvalue weighted by Gasteiger charge is -2.32. The third-order valence-electron chi connectivity index (χ3n) is 4.04. The molecule has 1 amide bonds. The molecule has 0 aliphatic carbocycles. The maximum atomic E-state index is 11.3. The Kier molecular flexibility index (Phi) is 6.19. The molecule has 1 fully saturated rings. The van der Waals surface area contributed by atoms with E-state index in [1.807, 2.05) is 12.1 Å². The number of hydrogen-bond acceptors (Lipinski definition) is 4. The largest absolute Gasteiger partial charge is 0.370 e. The molecule has 2 rings (SSSR count). The first-order valence-electron chi connectivity index (χ1n) is 8.13. The zero-order valence-electron chi connectivity index (χ0n) is 13.7. The average molecular weight is 318 g/mol. The number of carbonyl (C=O) groups excluding carboxylic acids is 1. The van der Waals surface area contributed by atoms with Crippen LogP contribution in [-0.4, -0.2) is 36.5 Å². The molecule has 0 unspecified atom stereocenters. The number of amides is 1. The van der Waals surface area contributed by atoms with Crippen molar-refractivity contribution in [3.05, 3.63) is 23.9 Å². The van der Waals surface area contributed by atoms with Crippen LogP contribution in [-0.2, 0) is 11.3 Å². The lowest BCUT2D eigenvalue weighted by atomic mass is 9.96. The number of aromatic nitrogens is 1. The third kappa shape index (κ3) is 4.84. The van der Waals surface area contributed by atoms with Gasteiger partial charge in [0.05, 0.1) is 6.54 Å². The molecule has 0 aromatic carbocycles. The van der Waals surface area contributed by atoms with Crippen molar-refractivity contribution in [3.63, 3.8) is 0 Å². The Morgan fingerprint density at radius 3 is 2.83 bits per heavy atom. The van der Waals surface area contributed by atoms with Gasteiger partial charge in [-0.25, -0.2) is 9.98 Å². The van der Waals surface area contributed by atoms with Crippen LogP contribution in [0.3, 0.4) is 0 Å². The highest BCUT2D eigenvalue weighted by Gasteiger charge is 2.24. The van der Waals surface area contributed by atoms with Gasteiger partial charge in [0.2, 0.25) is 5.91 Å². The van der Waals surface area contributed by atoms with Crippen molar-refractivity contribution in [3.8, 4) is 0 Å². The van der Waals surface area contributed by atoms with E-state index in [-0.39, 0.29) is 11.8 Å². The molecule has 5 N–H and O–H groups in total. The summed E-state index contributed by atoms with van der Waals surface area (Å²) in [6, 6.07) is 3.92.